The van der Waals surface area contributed by atoms with Crippen molar-refractivity contribution in [3.05, 3.63) is 35.4 Å². The third-order valence-corrected chi connectivity index (χ3v) is 3.35. The summed E-state index contributed by atoms with van der Waals surface area (Å²) in [5.41, 5.74) is -0.407. The van der Waals surface area contributed by atoms with E-state index in [1.165, 1.54) is 19.1 Å². The van der Waals surface area contributed by atoms with E-state index in [0.29, 0.717) is 11.1 Å². The average molecular weight is 249 g/mol. The number of fused-ring (bicyclic) bond motifs is 1. The second-order valence-electron chi connectivity index (χ2n) is 4.30. The van der Waals surface area contributed by atoms with Gasteiger partial charge in [-0.05, 0) is 6.07 Å². The van der Waals surface area contributed by atoms with Gasteiger partial charge in [-0.25, -0.2) is 0 Å². The first kappa shape index (κ1) is 12.6. The van der Waals surface area contributed by atoms with E-state index in [9.17, 15) is 14.7 Å². The third-order valence-electron chi connectivity index (χ3n) is 3.35. The SMILES string of the molecule is COC(=O)CCC1(O)c2ccccc2C(=O)N1C. The highest BCUT2D eigenvalue weighted by molar-refractivity contribution is 5.99. The van der Waals surface area contributed by atoms with Crippen LogP contribution in [0.2, 0.25) is 0 Å². The van der Waals surface area contributed by atoms with E-state index in [-0.39, 0.29) is 18.7 Å². The van der Waals surface area contributed by atoms with E-state index in [2.05, 4.69) is 4.74 Å². The van der Waals surface area contributed by atoms with Gasteiger partial charge in [-0.15, -0.1) is 0 Å². The Labute approximate surface area is 105 Å². The summed E-state index contributed by atoms with van der Waals surface area (Å²) in [6.07, 6.45) is 0.178. The van der Waals surface area contributed by atoms with Gasteiger partial charge in [-0.2, -0.15) is 0 Å². The lowest BCUT2D eigenvalue weighted by Crippen LogP contribution is -2.41. The van der Waals surface area contributed by atoms with Crippen molar-refractivity contribution in [3.8, 4) is 0 Å². The summed E-state index contributed by atoms with van der Waals surface area (Å²) in [7, 11) is 2.82. The molecule has 0 spiro atoms. The number of amides is 1. The van der Waals surface area contributed by atoms with E-state index >= 15 is 0 Å². The summed E-state index contributed by atoms with van der Waals surface area (Å²) < 4.78 is 4.55. The van der Waals surface area contributed by atoms with Gasteiger partial charge in [-0.1, -0.05) is 18.2 Å². The Morgan fingerprint density at radius 3 is 2.78 bits per heavy atom. The third kappa shape index (κ3) is 1.76. The Morgan fingerprint density at radius 2 is 2.11 bits per heavy atom. The minimum absolute atomic E-state index is 0.0545. The van der Waals surface area contributed by atoms with E-state index in [4.69, 9.17) is 0 Å². The molecule has 2 rings (SSSR count). The van der Waals surface area contributed by atoms with Crippen LogP contribution >= 0.6 is 0 Å². The van der Waals surface area contributed by atoms with Crippen molar-refractivity contribution in [2.45, 2.75) is 18.6 Å². The number of rotatable bonds is 3. The highest BCUT2D eigenvalue weighted by Crippen LogP contribution is 2.39. The molecule has 0 saturated heterocycles. The minimum Gasteiger partial charge on any atom is -0.469 e. The zero-order valence-corrected chi connectivity index (χ0v) is 10.3. The Hall–Kier alpha value is -1.88. The van der Waals surface area contributed by atoms with Crippen molar-refractivity contribution < 1.29 is 19.4 Å². The maximum absolute atomic E-state index is 12.0. The fraction of sp³-hybridized carbons (Fsp3) is 0.385. The molecule has 1 aliphatic heterocycles. The van der Waals surface area contributed by atoms with Gasteiger partial charge in [0.15, 0.2) is 5.72 Å². The van der Waals surface area contributed by atoms with E-state index in [1.54, 1.807) is 24.3 Å². The van der Waals surface area contributed by atoms with E-state index in [1.807, 2.05) is 0 Å². The molecular weight excluding hydrogens is 234 g/mol. The molecule has 1 heterocycles. The Bertz CT molecular complexity index is 500. The zero-order valence-electron chi connectivity index (χ0n) is 10.3. The number of carbonyl (C=O) groups excluding carboxylic acids is 2. The molecule has 1 N–H and O–H groups in total. The molecular formula is C13H15NO4. The summed E-state index contributed by atoms with van der Waals surface area (Å²) >= 11 is 0. The molecule has 0 fully saturated rings. The predicted octanol–water partition coefficient (Wildman–Crippen LogP) is 0.871. The Morgan fingerprint density at radius 1 is 1.44 bits per heavy atom. The van der Waals surface area contributed by atoms with Gasteiger partial charge in [0.05, 0.1) is 13.5 Å². The molecule has 18 heavy (non-hydrogen) atoms. The number of ether oxygens (including phenoxy) is 1. The predicted molar refractivity (Wildman–Crippen MR) is 63.7 cm³/mol. The molecule has 1 aromatic carbocycles. The van der Waals surface area contributed by atoms with Crippen LogP contribution in [-0.4, -0.2) is 36.0 Å². The molecule has 1 unspecified atom stereocenters. The number of nitrogens with zero attached hydrogens (tertiary/aromatic N) is 1. The number of methoxy groups -OCH3 is 1. The van der Waals surface area contributed by atoms with Crippen molar-refractivity contribution in [2.24, 2.45) is 0 Å². The molecule has 1 aromatic rings. The minimum atomic E-state index is -1.43. The largest absolute Gasteiger partial charge is 0.469 e. The second kappa shape index (κ2) is 4.42. The van der Waals surface area contributed by atoms with Crippen LogP contribution in [0.1, 0.15) is 28.8 Å². The molecule has 0 saturated carbocycles. The smallest absolute Gasteiger partial charge is 0.305 e. The van der Waals surface area contributed by atoms with Crippen LogP contribution in [0.3, 0.4) is 0 Å². The molecule has 0 bridgehead atoms. The number of aliphatic hydroxyl groups is 1. The lowest BCUT2D eigenvalue weighted by Gasteiger charge is -2.31. The molecule has 5 nitrogen and oxygen atoms in total. The van der Waals surface area contributed by atoms with Gasteiger partial charge >= 0.3 is 5.97 Å². The van der Waals surface area contributed by atoms with Gasteiger partial charge in [0.25, 0.3) is 5.91 Å². The van der Waals surface area contributed by atoms with Crippen LogP contribution < -0.4 is 0 Å². The van der Waals surface area contributed by atoms with Crippen LogP contribution in [0.25, 0.3) is 0 Å². The summed E-state index contributed by atoms with van der Waals surface area (Å²) in [6.45, 7) is 0. The fourth-order valence-corrected chi connectivity index (χ4v) is 2.23. The number of esters is 1. The molecule has 5 heteroatoms. The number of hydrogen-bond donors (Lipinski definition) is 1. The van der Waals surface area contributed by atoms with E-state index < -0.39 is 11.7 Å². The molecule has 0 radical (unpaired) electrons. The summed E-state index contributed by atoms with van der Waals surface area (Å²) in [4.78, 5) is 24.4. The van der Waals surface area contributed by atoms with E-state index in [0.717, 1.165) is 0 Å². The van der Waals surface area contributed by atoms with Gasteiger partial charge in [0, 0.05) is 24.6 Å². The first-order chi connectivity index (χ1) is 8.50. The van der Waals surface area contributed by atoms with Crippen molar-refractivity contribution in [1.29, 1.82) is 0 Å². The zero-order chi connectivity index (χ0) is 13.3. The van der Waals surface area contributed by atoms with Crippen LogP contribution in [0, 0.1) is 0 Å². The van der Waals surface area contributed by atoms with Crippen LogP contribution in [0.4, 0.5) is 0 Å². The number of hydrogen-bond acceptors (Lipinski definition) is 4. The topological polar surface area (TPSA) is 66.8 Å². The Balaban J connectivity index is 2.32. The molecule has 1 aliphatic rings. The maximum Gasteiger partial charge on any atom is 0.305 e. The molecule has 0 aromatic heterocycles. The normalized spacial score (nSPS) is 21.9. The second-order valence-corrected chi connectivity index (χ2v) is 4.30. The molecule has 1 atom stereocenters. The van der Waals surface area contributed by atoms with Crippen molar-refractivity contribution in [1.82, 2.24) is 4.90 Å². The highest BCUT2D eigenvalue weighted by Gasteiger charge is 2.46. The standard InChI is InChI=1S/C13H15NO4/c1-14-12(16)9-5-3-4-6-10(9)13(14,17)8-7-11(15)18-2/h3-6,17H,7-8H2,1-2H3. The summed E-state index contributed by atoms with van der Waals surface area (Å²) in [5.74, 6) is -0.647. The highest BCUT2D eigenvalue weighted by atomic mass is 16.5. The summed E-state index contributed by atoms with van der Waals surface area (Å²) in [6, 6.07) is 6.88. The lowest BCUT2D eigenvalue weighted by molar-refractivity contribution is -0.144. The first-order valence-electron chi connectivity index (χ1n) is 5.67. The fourth-order valence-electron chi connectivity index (χ4n) is 2.23. The average Bonchev–Trinajstić information content (AvgIpc) is 2.59. The first-order valence-corrected chi connectivity index (χ1v) is 5.67. The van der Waals surface area contributed by atoms with Crippen LogP contribution in [-0.2, 0) is 15.3 Å². The van der Waals surface area contributed by atoms with Gasteiger partial charge in [-0.3, -0.25) is 9.59 Å². The van der Waals surface area contributed by atoms with Gasteiger partial charge < -0.3 is 14.7 Å². The molecule has 1 amide bonds. The lowest BCUT2D eigenvalue weighted by atomic mass is 9.97. The van der Waals surface area contributed by atoms with Crippen molar-refractivity contribution >= 4 is 11.9 Å². The van der Waals surface area contributed by atoms with Crippen LogP contribution in [0.15, 0.2) is 24.3 Å². The van der Waals surface area contributed by atoms with Crippen molar-refractivity contribution in [3.63, 3.8) is 0 Å². The molecule has 0 aliphatic carbocycles. The summed E-state index contributed by atoms with van der Waals surface area (Å²) in [5, 5.41) is 10.6. The Kier molecular flexibility index (Phi) is 3.09. The quantitative estimate of drug-likeness (QED) is 0.807. The van der Waals surface area contributed by atoms with Crippen LogP contribution in [0.5, 0.6) is 0 Å². The monoisotopic (exact) mass is 249 g/mol. The number of carbonyl (C=O) groups is 2. The van der Waals surface area contributed by atoms with Gasteiger partial charge in [0.2, 0.25) is 0 Å². The maximum atomic E-state index is 12.0. The van der Waals surface area contributed by atoms with Crippen molar-refractivity contribution in [2.75, 3.05) is 14.2 Å². The molecule has 96 valence electrons. The number of benzene rings is 1. The van der Waals surface area contributed by atoms with Gasteiger partial charge in [0.1, 0.15) is 0 Å².